The van der Waals surface area contributed by atoms with Crippen molar-refractivity contribution in [2.24, 2.45) is 5.73 Å². The number of nitrogens with two attached hydrogens (primary N) is 1. The van der Waals surface area contributed by atoms with Gasteiger partial charge in [0.15, 0.2) is 0 Å². The number of amides is 1. The van der Waals surface area contributed by atoms with E-state index < -0.39 is 0 Å². The van der Waals surface area contributed by atoms with E-state index in [1.54, 1.807) is 11.8 Å². The van der Waals surface area contributed by atoms with E-state index in [9.17, 15) is 4.79 Å². The minimum atomic E-state index is 0.0657. The average molecular weight is 359 g/mol. The fraction of sp³-hybridized carbons (Fsp3) is 0.385. The topological polar surface area (TPSA) is 55.1 Å². The van der Waals surface area contributed by atoms with Crippen LogP contribution in [0.3, 0.4) is 0 Å². The first kappa shape index (κ1) is 14.8. The lowest BCUT2D eigenvalue weighted by Crippen LogP contribution is -2.27. The third-order valence-corrected chi connectivity index (χ3v) is 5.25. The highest BCUT2D eigenvalue weighted by atomic mass is 79.9. The number of halogens is 1. The lowest BCUT2D eigenvalue weighted by atomic mass is 10.1. The van der Waals surface area contributed by atoms with E-state index in [2.05, 4.69) is 21.2 Å². The van der Waals surface area contributed by atoms with E-state index >= 15 is 0 Å². The van der Waals surface area contributed by atoms with Crippen molar-refractivity contribution in [3.63, 3.8) is 0 Å². The molecule has 1 aromatic rings. The normalized spacial score (nSPS) is 18.9. The van der Waals surface area contributed by atoms with Crippen LogP contribution in [0, 0.1) is 0 Å². The molecule has 1 fully saturated rings. The SMILES string of the molecule is NC(=S)c1ccc(NC(=O)C2CCCCS2)c(Br)c1. The van der Waals surface area contributed by atoms with E-state index in [4.69, 9.17) is 18.0 Å². The van der Waals surface area contributed by atoms with Gasteiger partial charge >= 0.3 is 0 Å². The highest BCUT2D eigenvalue weighted by molar-refractivity contribution is 9.10. The van der Waals surface area contributed by atoms with Crippen molar-refractivity contribution in [2.75, 3.05) is 11.1 Å². The summed E-state index contributed by atoms with van der Waals surface area (Å²) in [5.74, 6) is 1.15. The molecule has 102 valence electrons. The van der Waals surface area contributed by atoms with Crippen LogP contribution in [0.2, 0.25) is 0 Å². The van der Waals surface area contributed by atoms with Crippen LogP contribution in [-0.4, -0.2) is 21.9 Å². The fourth-order valence-corrected chi connectivity index (χ4v) is 3.73. The molecule has 19 heavy (non-hydrogen) atoms. The molecule has 0 radical (unpaired) electrons. The quantitative estimate of drug-likeness (QED) is 0.813. The monoisotopic (exact) mass is 358 g/mol. The Morgan fingerprint density at radius 1 is 1.47 bits per heavy atom. The second-order valence-corrected chi connectivity index (χ2v) is 7.01. The number of benzene rings is 1. The summed E-state index contributed by atoms with van der Waals surface area (Å²) in [6.07, 6.45) is 3.30. The van der Waals surface area contributed by atoms with Gasteiger partial charge in [-0.05, 0) is 52.7 Å². The molecule has 1 aromatic carbocycles. The Bertz CT molecular complexity index is 501. The first-order valence-corrected chi connectivity index (χ1v) is 8.35. The summed E-state index contributed by atoms with van der Waals surface area (Å²) in [6.45, 7) is 0. The van der Waals surface area contributed by atoms with Crippen LogP contribution in [0.25, 0.3) is 0 Å². The summed E-state index contributed by atoms with van der Waals surface area (Å²) >= 11 is 10.1. The van der Waals surface area contributed by atoms with Gasteiger partial charge in [0, 0.05) is 10.0 Å². The summed E-state index contributed by atoms with van der Waals surface area (Å²) in [5, 5.41) is 3.02. The Morgan fingerprint density at radius 2 is 2.26 bits per heavy atom. The number of carbonyl (C=O) groups is 1. The standard InChI is InChI=1S/C13H15BrN2OS2/c14-9-7-8(12(15)18)4-5-10(9)16-13(17)11-3-1-2-6-19-11/h4-5,7,11H,1-3,6H2,(H2,15,18)(H,16,17). The van der Waals surface area contributed by atoms with E-state index in [-0.39, 0.29) is 11.2 Å². The first-order valence-electron chi connectivity index (χ1n) is 6.10. The molecule has 2 rings (SSSR count). The molecule has 6 heteroatoms. The Balaban J connectivity index is 2.06. The maximum absolute atomic E-state index is 12.1. The first-order chi connectivity index (χ1) is 9.08. The Hall–Kier alpha value is -0.590. The zero-order valence-electron chi connectivity index (χ0n) is 10.3. The third-order valence-electron chi connectivity index (χ3n) is 2.98. The Morgan fingerprint density at radius 3 is 2.84 bits per heavy atom. The largest absolute Gasteiger partial charge is 0.389 e. The maximum atomic E-state index is 12.1. The zero-order valence-corrected chi connectivity index (χ0v) is 13.5. The van der Waals surface area contributed by atoms with Gasteiger partial charge in [-0.15, -0.1) is 11.8 Å². The summed E-state index contributed by atoms with van der Waals surface area (Å²) in [5.41, 5.74) is 7.12. The number of hydrogen-bond donors (Lipinski definition) is 2. The predicted octanol–water partition coefficient (Wildman–Crippen LogP) is 3.31. The number of hydrogen-bond acceptors (Lipinski definition) is 3. The number of anilines is 1. The van der Waals surface area contributed by atoms with Crippen molar-refractivity contribution >= 4 is 56.5 Å². The maximum Gasteiger partial charge on any atom is 0.237 e. The van der Waals surface area contributed by atoms with Gasteiger partial charge in [-0.25, -0.2) is 0 Å². The summed E-state index contributed by atoms with van der Waals surface area (Å²) in [7, 11) is 0. The van der Waals surface area contributed by atoms with Crippen molar-refractivity contribution in [1.82, 2.24) is 0 Å². The smallest absolute Gasteiger partial charge is 0.237 e. The molecule has 3 nitrogen and oxygen atoms in total. The molecule has 0 aromatic heterocycles. The van der Waals surface area contributed by atoms with Gasteiger partial charge in [0.2, 0.25) is 5.91 Å². The molecular weight excluding hydrogens is 344 g/mol. The molecule has 1 saturated heterocycles. The van der Waals surface area contributed by atoms with Crippen molar-refractivity contribution in [2.45, 2.75) is 24.5 Å². The fourth-order valence-electron chi connectivity index (χ4n) is 1.93. The summed E-state index contributed by atoms with van der Waals surface area (Å²) < 4.78 is 0.798. The van der Waals surface area contributed by atoms with Crippen molar-refractivity contribution in [1.29, 1.82) is 0 Å². The molecule has 1 atom stereocenters. The number of rotatable bonds is 3. The predicted molar refractivity (Wildman–Crippen MR) is 88.8 cm³/mol. The molecule has 0 spiro atoms. The van der Waals surface area contributed by atoms with Gasteiger partial charge in [0.1, 0.15) is 4.99 Å². The van der Waals surface area contributed by atoms with Crippen LogP contribution in [0.1, 0.15) is 24.8 Å². The molecule has 0 bridgehead atoms. The van der Waals surface area contributed by atoms with Crippen LogP contribution < -0.4 is 11.1 Å². The summed E-state index contributed by atoms with van der Waals surface area (Å²) in [6, 6.07) is 5.46. The Labute approximate surface area is 130 Å². The van der Waals surface area contributed by atoms with E-state index in [0.29, 0.717) is 4.99 Å². The van der Waals surface area contributed by atoms with Gasteiger partial charge in [-0.1, -0.05) is 18.6 Å². The second-order valence-electron chi connectivity index (χ2n) is 4.40. The van der Waals surface area contributed by atoms with Crippen LogP contribution in [0.15, 0.2) is 22.7 Å². The van der Waals surface area contributed by atoms with Gasteiger partial charge < -0.3 is 11.1 Å². The van der Waals surface area contributed by atoms with Crippen LogP contribution in [0.5, 0.6) is 0 Å². The molecule has 3 N–H and O–H groups in total. The number of thiocarbonyl (C=S) groups is 1. The van der Waals surface area contributed by atoms with Crippen molar-refractivity contribution in [3.05, 3.63) is 28.2 Å². The molecule has 0 saturated carbocycles. The molecule has 0 aliphatic carbocycles. The van der Waals surface area contributed by atoms with Gasteiger partial charge in [0.05, 0.1) is 10.9 Å². The Kier molecular flexibility index (Phi) is 5.24. The summed E-state index contributed by atoms with van der Waals surface area (Å²) in [4.78, 5) is 12.5. The molecule has 1 unspecified atom stereocenters. The highest BCUT2D eigenvalue weighted by Gasteiger charge is 2.22. The molecular formula is C13H15BrN2OS2. The lowest BCUT2D eigenvalue weighted by molar-refractivity contribution is -0.115. The van der Waals surface area contributed by atoms with Gasteiger partial charge in [-0.3, -0.25) is 4.79 Å². The van der Waals surface area contributed by atoms with Crippen LogP contribution in [0.4, 0.5) is 5.69 Å². The second kappa shape index (κ2) is 6.72. The van der Waals surface area contributed by atoms with Crippen molar-refractivity contribution in [3.8, 4) is 0 Å². The number of carbonyl (C=O) groups excluding carboxylic acids is 1. The van der Waals surface area contributed by atoms with Crippen LogP contribution >= 0.6 is 39.9 Å². The van der Waals surface area contributed by atoms with Crippen molar-refractivity contribution < 1.29 is 4.79 Å². The van der Waals surface area contributed by atoms with E-state index in [0.717, 1.165) is 34.3 Å². The van der Waals surface area contributed by atoms with E-state index in [1.165, 1.54) is 6.42 Å². The number of thioether (sulfide) groups is 1. The number of nitrogens with one attached hydrogen (secondary N) is 1. The highest BCUT2D eigenvalue weighted by Crippen LogP contribution is 2.28. The lowest BCUT2D eigenvalue weighted by Gasteiger charge is -2.20. The van der Waals surface area contributed by atoms with Gasteiger partial charge in [0.25, 0.3) is 0 Å². The van der Waals surface area contributed by atoms with Crippen LogP contribution in [-0.2, 0) is 4.79 Å². The molecule has 1 aliphatic heterocycles. The minimum Gasteiger partial charge on any atom is -0.389 e. The van der Waals surface area contributed by atoms with Gasteiger partial charge in [-0.2, -0.15) is 0 Å². The molecule has 1 aliphatic rings. The molecule has 1 amide bonds. The molecule has 1 heterocycles. The minimum absolute atomic E-state index is 0.0657. The van der Waals surface area contributed by atoms with E-state index in [1.807, 2.05) is 18.2 Å². The average Bonchev–Trinajstić information content (AvgIpc) is 2.41. The zero-order chi connectivity index (χ0) is 13.8. The third kappa shape index (κ3) is 3.94.